The van der Waals surface area contributed by atoms with Crippen LogP contribution in [0, 0.1) is 0 Å². The van der Waals surface area contributed by atoms with Crippen LogP contribution in [0.15, 0.2) is 45.9 Å². The van der Waals surface area contributed by atoms with Gasteiger partial charge in [0, 0.05) is 24.4 Å². The molecule has 1 unspecified atom stereocenters. The number of nitrogens with one attached hydrogen (secondary N) is 1. The molecule has 0 spiro atoms. The minimum atomic E-state index is -0.614. The average Bonchev–Trinajstić information content (AvgIpc) is 2.96. The summed E-state index contributed by atoms with van der Waals surface area (Å²) in [5.74, 6) is 0.536. The van der Waals surface area contributed by atoms with Crippen molar-refractivity contribution in [2.45, 2.75) is 31.8 Å². The molecule has 0 saturated heterocycles. The van der Waals surface area contributed by atoms with Crippen LogP contribution >= 0.6 is 0 Å². The van der Waals surface area contributed by atoms with E-state index in [2.05, 4.69) is 15.5 Å². The first-order valence-electron chi connectivity index (χ1n) is 7.91. The Morgan fingerprint density at radius 1 is 1.29 bits per heavy atom. The third-order valence-corrected chi connectivity index (χ3v) is 4.35. The number of aryl methyl sites for hydroxylation is 2. The second-order valence-corrected chi connectivity index (χ2v) is 5.92. The Morgan fingerprint density at radius 2 is 2.17 bits per heavy atom. The molecule has 4 rings (SSSR count). The highest BCUT2D eigenvalue weighted by molar-refractivity contribution is 5.96. The van der Waals surface area contributed by atoms with E-state index in [1.165, 1.54) is 0 Å². The van der Waals surface area contributed by atoms with E-state index in [1.807, 2.05) is 16.7 Å². The van der Waals surface area contributed by atoms with Gasteiger partial charge in [0.2, 0.25) is 0 Å². The minimum absolute atomic E-state index is 0.00919. The molecule has 24 heavy (non-hydrogen) atoms. The zero-order chi connectivity index (χ0) is 16.5. The van der Waals surface area contributed by atoms with E-state index in [0.717, 1.165) is 37.0 Å². The molecule has 122 valence electrons. The summed E-state index contributed by atoms with van der Waals surface area (Å²) in [5.41, 5.74) is -0.0965. The van der Waals surface area contributed by atoms with Crippen molar-refractivity contribution >= 4 is 16.9 Å². The Morgan fingerprint density at radius 3 is 3.08 bits per heavy atom. The van der Waals surface area contributed by atoms with Crippen LogP contribution in [0.4, 0.5) is 0 Å². The normalized spacial score (nSPS) is 17.2. The average molecular weight is 324 g/mol. The van der Waals surface area contributed by atoms with Crippen molar-refractivity contribution in [3.63, 3.8) is 0 Å². The van der Waals surface area contributed by atoms with Crippen molar-refractivity contribution < 1.29 is 9.21 Å². The van der Waals surface area contributed by atoms with Crippen molar-refractivity contribution in [2.75, 3.05) is 0 Å². The number of amides is 1. The molecule has 1 aromatic carbocycles. The third-order valence-electron chi connectivity index (χ3n) is 4.35. The molecule has 3 heterocycles. The summed E-state index contributed by atoms with van der Waals surface area (Å²) in [6.07, 6.45) is 3.99. The molecule has 1 aliphatic heterocycles. The van der Waals surface area contributed by atoms with Gasteiger partial charge in [0.15, 0.2) is 0 Å². The van der Waals surface area contributed by atoms with Crippen LogP contribution in [0.5, 0.6) is 0 Å². The van der Waals surface area contributed by atoms with Gasteiger partial charge in [-0.2, -0.15) is 0 Å². The van der Waals surface area contributed by atoms with Crippen LogP contribution in [0.25, 0.3) is 11.0 Å². The van der Waals surface area contributed by atoms with Gasteiger partial charge in [-0.3, -0.25) is 4.79 Å². The second-order valence-electron chi connectivity index (χ2n) is 5.92. The number of carbonyl (C=O) groups excluding carboxylic acids is 1. The third kappa shape index (κ3) is 2.68. The zero-order valence-electron chi connectivity index (χ0n) is 12.9. The summed E-state index contributed by atoms with van der Waals surface area (Å²) in [4.78, 5) is 24.6. The first-order chi connectivity index (χ1) is 11.7. The number of carbonyl (C=O) groups is 1. The standard InChI is InChI=1S/C17H16N4O3/c22-16(13-9-11-3-1-2-4-14(11)24-17(13)23)19-12-5-6-15-20-18-10-21(15)8-7-12/h1-4,9-10,12H,5-8H2,(H,19,22). The minimum Gasteiger partial charge on any atom is -0.422 e. The van der Waals surface area contributed by atoms with E-state index in [9.17, 15) is 9.59 Å². The van der Waals surface area contributed by atoms with E-state index in [-0.39, 0.29) is 11.6 Å². The quantitative estimate of drug-likeness (QED) is 0.722. The van der Waals surface area contributed by atoms with E-state index in [4.69, 9.17) is 4.42 Å². The molecular weight excluding hydrogens is 308 g/mol. The maximum atomic E-state index is 12.5. The van der Waals surface area contributed by atoms with Gasteiger partial charge in [0.05, 0.1) is 0 Å². The van der Waals surface area contributed by atoms with Crippen molar-refractivity contribution in [1.29, 1.82) is 0 Å². The number of nitrogens with zero attached hydrogens (tertiary/aromatic N) is 3. The number of benzene rings is 1. The summed E-state index contributed by atoms with van der Waals surface area (Å²) >= 11 is 0. The number of hydrogen-bond acceptors (Lipinski definition) is 5. The summed E-state index contributed by atoms with van der Waals surface area (Å²) in [6, 6.07) is 8.72. The van der Waals surface area contributed by atoms with E-state index in [0.29, 0.717) is 5.58 Å². The highest BCUT2D eigenvalue weighted by Crippen LogP contribution is 2.15. The highest BCUT2D eigenvalue weighted by atomic mass is 16.4. The molecule has 0 bridgehead atoms. The molecule has 0 saturated carbocycles. The predicted octanol–water partition coefficient (Wildman–Crippen LogP) is 1.52. The topological polar surface area (TPSA) is 90.0 Å². The van der Waals surface area contributed by atoms with Crippen molar-refractivity contribution in [3.8, 4) is 0 Å². The fourth-order valence-electron chi connectivity index (χ4n) is 3.03. The maximum absolute atomic E-state index is 12.5. The molecule has 2 aromatic heterocycles. The Kier molecular flexibility index (Phi) is 3.60. The lowest BCUT2D eigenvalue weighted by Gasteiger charge is -2.15. The molecule has 0 radical (unpaired) electrons. The van der Waals surface area contributed by atoms with E-state index in [1.54, 1.807) is 24.5 Å². The van der Waals surface area contributed by atoms with Gasteiger partial charge in [-0.05, 0) is 25.0 Å². The van der Waals surface area contributed by atoms with Crippen LogP contribution in [0.3, 0.4) is 0 Å². The fraction of sp³-hybridized carbons (Fsp3) is 0.294. The van der Waals surface area contributed by atoms with Crippen molar-refractivity contribution in [3.05, 3.63) is 58.5 Å². The lowest BCUT2D eigenvalue weighted by Crippen LogP contribution is -2.37. The Bertz CT molecular complexity index is 937. The Balaban J connectivity index is 1.53. The SMILES string of the molecule is O=C(NC1CCc2nncn2CC1)c1cc2ccccc2oc1=O. The number of rotatable bonds is 2. The van der Waals surface area contributed by atoms with Gasteiger partial charge < -0.3 is 14.3 Å². The summed E-state index contributed by atoms with van der Waals surface area (Å²) < 4.78 is 7.22. The monoisotopic (exact) mass is 324 g/mol. The van der Waals surface area contributed by atoms with E-state index >= 15 is 0 Å². The lowest BCUT2D eigenvalue weighted by atomic mass is 10.1. The van der Waals surface area contributed by atoms with Gasteiger partial charge in [-0.25, -0.2) is 4.79 Å². The van der Waals surface area contributed by atoms with Crippen molar-refractivity contribution in [2.24, 2.45) is 0 Å². The molecule has 1 aliphatic rings. The Hall–Kier alpha value is -2.96. The smallest absolute Gasteiger partial charge is 0.349 e. The van der Waals surface area contributed by atoms with Gasteiger partial charge >= 0.3 is 5.63 Å². The first kappa shape index (κ1) is 14.6. The number of fused-ring (bicyclic) bond motifs is 2. The van der Waals surface area contributed by atoms with Gasteiger partial charge in [0.25, 0.3) is 5.91 Å². The summed E-state index contributed by atoms with van der Waals surface area (Å²) in [5, 5.41) is 11.6. The highest BCUT2D eigenvalue weighted by Gasteiger charge is 2.21. The van der Waals surface area contributed by atoms with Gasteiger partial charge in [0.1, 0.15) is 23.3 Å². The van der Waals surface area contributed by atoms with Crippen LogP contribution < -0.4 is 10.9 Å². The lowest BCUT2D eigenvalue weighted by molar-refractivity contribution is 0.0929. The molecule has 1 amide bonds. The first-order valence-corrected chi connectivity index (χ1v) is 7.91. The maximum Gasteiger partial charge on any atom is 0.349 e. The Labute approximate surface area is 137 Å². The van der Waals surface area contributed by atoms with Crippen LogP contribution in [-0.2, 0) is 13.0 Å². The number of para-hydroxylation sites is 1. The molecule has 1 atom stereocenters. The molecule has 0 fully saturated rings. The number of hydrogen-bond donors (Lipinski definition) is 1. The molecule has 1 N–H and O–H groups in total. The summed E-state index contributed by atoms with van der Waals surface area (Å²) in [6.45, 7) is 0.750. The molecule has 3 aromatic rings. The number of aromatic nitrogens is 3. The van der Waals surface area contributed by atoms with Crippen LogP contribution in [0.1, 0.15) is 29.0 Å². The van der Waals surface area contributed by atoms with E-state index < -0.39 is 11.5 Å². The molecule has 7 heteroatoms. The van der Waals surface area contributed by atoms with Gasteiger partial charge in [-0.1, -0.05) is 18.2 Å². The zero-order valence-corrected chi connectivity index (χ0v) is 12.9. The summed E-state index contributed by atoms with van der Waals surface area (Å²) in [7, 11) is 0. The second kappa shape index (κ2) is 5.92. The largest absolute Gasteiger partial charge is 0.422 e. The van der Waals surface area contributed by atoms with Gasteiger partial charge in [-0.15, -0.1) is 10.2 Å². The van der Waals surface area contributed by atoms with Crippen molar-refractivity contribution in [1.82, 2.24) is 20.1 Å². The molecular formula is C17H16N4O3. The molecule has 7 nitrogen and oxygen atoms in total. The molecule has 0 aliphatic carbocycles. The fourth-order valence-corrected chi connectivity index (χ4v) is 3.03. The van der Waals surface area contributed by atoms with Crippen LogP contribution in [-0.4, -0.2) is 26.7 Å². The predicted molar refractivity (Wildman–Crippen MR) is 86.7 cm³/mol. The van der Waals surface area contributed by atoms with Crippen LogP contribution in [0.2, 0.25) is 0 Å².